The van der Waals surface area contributed by atoms with E-state index in [0.717, 1.165) is 18.5 Å². The summed E-state index contributed by atoms with van der Waals surface area (Å²) in [7, 11) is 0. The van der Waals surface area contributed by atoms with Crippen LogP contribution in [0.25, 0.3) is 0 Å². The summed E-state index contributed by atoms with van der Waals surface area (Å²) in [6.45, 7) is 2.80. The molecule has 13 heteroatoms. The molecule has 1 amide bonds. The van der Waals surface area contributed by atoms with E-state index in [1.165, 1.54) is 6.20 Å². The summed E-state index contributed by atoms with van der Waals surface area (Å²) in [5.74, 6) is -0.571. The first-order valence-electron chi connectivity index (χ1n) is 10.6. The maximum atomic E-state index is 13.0. The van der Waals surface area contributed by atoms with Gasteiger partial charge in [0.25, 0.3) is 5.56 Å². The third-order valence-electron chi connectivity index (χ3n) is 6.35. The van der Waals surface area contributed by atoms with Crippen LogP contribution in [0.3, 0.4) is 0 Å². The molecule has 34 heavy (non-hydrogen) atoms. The van der Waals surface area contributed by atoms with Crippen LogP contribution in [0, 0.1) is 5.92 Å². The number of nitrogens with one attached hydrogen (secondary N) is 1. The monoisotopic (exact) mass is 489 g/mol. The lowest BCUT2D eigenvalue weighted by molar-refractivity contribution is -0.142. The molecular weight excluding hydrogens is 468 g/mol. The zero-order valence-electron chi connectivity index (χ0n) is 18.0. The van der Waals surface area contributed by atoms with Crippen molar-refractivity contribution in [3.63, 3.8) is 0 Å². The number of nitrogens with zero attached hydrogens (tertiary/aromatic N) is 4. The molecule has 3 heterocycles. The summed E-state index contributed by atoms with van der Waals surface area (Å²) in [4.78, 5) is 37.5. The number of rotatable bonds is 3. The molecule has 1 atom stereocenters. The van der Waals surface area contributed by atoms with Crippen LogP contribution in [-0.4, -0.2) is 51.4 Å². The molecule has 0 radical (unpaired) electrons. The number of hydrogen-bond acceptors (Lipinski definition) is 5. The summed E-state index contributed by atoms with van der Waals surface area (Å²) < 4.78 is 77.1. The highest BCUT2D eigenvalue weighted by Gasteiger charge is 2.42. The highest BCUT2D eigenvalue weighted by Crippen LogP contribution is 2.43. The Morgan fingerprint density at radius 1 is 1.06 bits per heavy atom. The maximum absolute atomic E-state index is 13.0. The zero-order valence-corrected chi connectivity index (χ0v) is 18.0. The molecule has 0 bridgehead atoms. The van der Waals surface area contributed by atoms with Crippen molar-refractivity contribution < 1.29 is 31.1 Å². The first kappa shape index (κ1) is 24.0. The Labute approximate surface area is 189 Å². The number of carbonyl (C=O) groups is 1. The van der Waals surface area contributed by atoms with Gasteiger partial charge in [0.1, 0.15) is 5.56 Å². The highest BCUT2D eigenvalue weighted by atomic mass is 19.4. The van der Waals surface area contributed by atoms with Crippen LogP contribution in [-0.2, 0) is 17.1 Å². The van der Waals surface area contributed by atoms with Crippen LogP contribution in [0.1, 0.15) is 42.4 Å². The van der Waals surface area contributed by atoms with Crippen molar-refractivity contribution in [3.8, 4) is 0 Å². The van der Waals surface area contributed by atoms with E-state index in [2.05, 4.69) is 15.0 Å². The van der Waals surface area contributed by atoms with Crippen molar-refractivity contribution in [2.75, 3.05) is 24.5 Å². The van der Waals surface area contributed by atoms with Crippen LogP contribution >= 0.6 is 0 Å². The molecule has 184 valence electrons. The van der Waals surface area contributed by atoms with Gasteiger partial charge in [-0.3, -0.25) is 9.59 Å². The van der Waals surface area contributed by atoms with Crippen molar-refractivity contribution >= 4 is 11.9 Å². The fourth-order valence-corrected chi connectivity index (χ4v) is 4.37. The Balaban J connectivity index is 1.35. The Hall–Kier alpha value is -3.12. The molecule has 2 fully saturated rings. The lowest BCUT2D eigenvalue weighted by Gasteiger charge is -2.44. The second-order valence-electron chi connectivity index (χ2n) is 8.63. The fourth-order valence-electron chi connectivity index (χ4n) is 4.37. The molecule has 1 N–H and O–H groups in total. The standard InChI is InChI=1S/C21H21F6N5O2/c1-11-10-31(19-29-8-15(9-30-19)20(22,23)24)2-3-32(11)18(34)13-4-12(5-13)14-6-16(21(25,26)27)17(33)28-7-14/h6-9,11-13H,2-5,10H2,1H3,(H,28,33)/t11-,12?,13?/m1/s1. The van der Waals surface area contributed by atoms with E-state index >= 15 is 0 Å². The minimum atomic E-state index is -4.76. The molecular formula is C21H21F6N5O2. The first-order valence-corrected chi connectivity index (χ1v) is 10.6. The van der Waals surface area contributed by atoms with Crippen molar-refractivity contribution in [2.45, 2.75) is 44.1 Å². The SMILES string of the molecule is C[C@@H]1CN(c2ncc(C(F)(F)F)cn2)CCN1C(=O)C1CC(c2c[nH]c(=O)c(C(F)(F)F)c2)C1. The first-order chi connectivity index (χ1) is 15.8. The largest absolute Gasteiger partial charge is 0.421 e. The van der Waals surface area contributed by atoms with Gasteiger partial charge in [-0.15, -0.1) is 0 Å². The third-order valence-corrected chi connectivity index (χ3v) is 6.35. The van der Waals surface area contributed by atoms with Crippen molar-refractivity contribution in [3.05, 3.63) is 51.7 Å². The van der Waals surface area contributed by atoms with E-state index in [0.29, 0.717) is 38.0 Å². The van der Waals surface area contributed by atoms with Crippen LogP contribution < -0.4 is 10.5 Å². The van der Waals surface area contributed by atoms with Gasteiger partial charge in [0.05, 0.1) is 5.56 Å². The number of amides is 1. The molecule has 0 spiro atoms. The minimum absolute atomic E-state index is 0.114. The molecule has 0 aromatic carbocycles. The van der Waals surface area contributed by atoms with Crippen LogP contribution in [0.2, 0.25) is 0 Å². The highest BCUT2D eigenvalue weighted by molar-refractivity contribution is 5.80. The Morgan fingerprint density at radius 2 is 1.71 bits per heavy atom. The van der Waals surface area contributed by atoms with Gasteiger partial charge in [0.2, 0.25) is 11.9 Å². The summed E-state index contributed by atoms with van der Waals surface area (Å²) in [5, 5.41) is 0. The van der Waals surface area contributed by atoms with Gasteiger partial charge in [-0.05, 0) is 37.3 Å². The molecule has 2 aliphatic rings. The second kappa shape index (κ2) is 8.58. The maximum Gasteiger partial charge on any atom is 0.421 e. The molecule has 0 unspecified atom stereocenters. The van der Waals surface area contributed by atoms with E-state index in [1.807, 2.05) is 6.92 Å². The van der Waals surface area contributed by atoms with E-state index in [4.69, 9.17) is 0 Å². The molecule has 4 rings (SSSR count). The number of aromatic nitrogens is 3. The smallest absolute Gasteiger partial charge is 0.337 e. The van der Waals surface area contributed by atoms with Crippen molar-refractivity contribution in [2.24, 2.45) is 5.92 Å². The molecule has 1 saturated heterocycles. The second-order valence-corrected chi connectivity index (χ2v) is 8.63. The van der Waals surface area contributed by atoms with Gasteiger partial charge >= 0.3 is 12.4 Å². The fraction of sp³-hybridized carbons (Fsp3) is 0.524. The molecule has 2 aromatic rings. The van der Waals surface area contributed by atoms with Crippen molar-refractivity contribution in [1.29, 1.82) is 0 Å². The topological polar surface area (TPSA) is 82.2 Å². The van der Waals surface area contributed by atoms with Gasteiger partial charge in [-0.2, -0.15) is 26.3 Å². The zero-order chi connectivity index (χ0) is 24.8. The normalized spacial score (nSPS) is 23.6. The molecule has 1 aliphatic carbocycles. The summed E-state index contributed by atoms with van der Waals surface area (Å²) in [6, 6.07) is 0.589. The number of anilines is 1. The summed E-state index contributed by atoms with van der Waals surface area (Å²) in [6.07, 6.45) is -5.84. The van der Waals surface area contributed by atoms with Crippen LogP contribution in [0.5, 0.6) is 0 Å². The summed E-state index contributed by atoms with van der Waals surface area (Å²) >= 11 is 0. The van der Waals surface area contributed by atoms with Crippen molar-refractivity contribution in [1.82, 2.24) is 19.9 Å². The van der Waals surface area contributed by atoms with Gasteiger partial charge in [0.15, 0.2) is 0 Å². The number of H-pyrrole nitrogens is 1. The third kappa shape index (κ3) is 4.73. The lowest BCUT2D eigenvalue weighted by Crippen LogP contribution is -2.56. The minimum Gasteiger partial charge on any atom is -0.337 e. The van der Waals surface area contributed by atoms with Gasteiger partial charge in [-0.25, -0.2) is 9.97 Å². The number of alkyl halides is 6. The summed E-state index contributed by atoms with van der Waals surface area (Å²) in [5.41, 5.74) is -3.06. The number of hydrogen-bond donors (Lipinski definition) is 1. The van der Waals surface area contributed by atoms with E-state index in [-0.39, 0.29) is 29.7 Å². The molecule has 2 aromatic heterocycles. The van der Waals surface area contributed by atoms with E-state index in [9.17, 15) is 35.9 Å². The number of pyridine rings is 1. The average Bonchev–Trinajstić information content (AvgIpc) is 2.72. The average molecular weight is 489 g/mol. The molecule has 1 aliphatic heterocycles. The van der Waals surface area contributed by atoms with Gasteiger partial charge in [-0.1, -0.05) is 0 Å². The Bertz CT molecular complexity index is 1110. The van der Waals surface area contributed by atoms with Crippen LogP contribution in [0.15, 0.2) is 29.5 Å². The molecule has 1 saturated carbocycles. The quantitative estimate of drug-likeness (QED) is 0.669. The number of halogens is 6. The van der Waals surface area contributed by atoms with Gasteiger partial charge < -0.3 is 14.8 Å². The number of carbonyl (C=O) groups excluding carboxylic acids is 1. The van der Waals surface area contributed by atoms with E-state index in [1.54, 1.807) is 9.80 Å². The van der Waals surface area contributed by atoms with E-state index < -0.39 is 29.0 Å². The van der Waals surface area contributed by atoms with Crippen LogP contribution in [0.4, 0.5) is 32.3 Å². The number of aromatic amines is 1. The predicted molar refractivity (Wildman–Crippen MR) is 108 cm³/mol. The predicted octanol–water partition coefficient (Wildman–Crippen LogP) is 3.43. The Kier molecular flexibility index (Phi) is 6.06. The Morgan fingerprint density at radius 3 is 2.26 bits per heavy atom. The van der Waals surface area contributed by atoms with Gasteiger partial charge in [0, 0.05) is 50.2 Å². The molecule has 7 nitrogen and oxygen atoms in total. The number of piperazine rings is 1. The lowest BCUT2D eigenvalue weighted by atomic mass is 9.71.